The monoisotopic (exact) mass is 745 g/mol. The van der Waals surface area contributed by atoms with Crippen LogP contribution < -0.4 is 21.5 Å². The number of rotatable bonds is 5. The van der Waals surface area contributed by atoms with Gasteiger partial charge in [-0.05, 0) is 63.8 Å². The second-order valence-electron chi connectivity index (χ2n) is 14.6. The van der Waals surface area contributed by atoms with Crippen LogP contribution in [0.25, 0.3) is 0 Å². The van der Waals surface area contributed by atoms with E-state index in [1.165, 1.54) is 0 Å². The van der Waals surface area contributed by atoms with Crippen LogP contribution in [0.15, 0.2) is 24.3 Å². The van der Waals surface area contributed by atoms with Crippen LogP contribution in [-0.2, 0) is 0 Å². The van der Waals surface area contributed by atoms with Gasteiger partial charge in [0, 0.05) is 24.8 Å². The topological polar surface area (TPSA) is 23.2 Å². The molecule has 0 spiro atoms. The molecular weight excluding hydrogens is 710 g/mol. The van der Waals surface area contributed by atoms with Gasteiger partial charge in [-0.3, -0.25) is 4.40 Å². The number of nitrogens with zero attached hydrogens (tertiary/aromatic N) is 1. The van der Waals surface area contributed by atoms with Gasteiger partial charge in [0.05, 0.1) is 0 Å². The molecule has 5 rings (SSSR count). The molecule has 268 valence electrons. The van der Waals surface area contributed by atoms with Crippen LogP contribution in [0.4, 0.5) is 43.9 Å². The molecule has 4 aromatic rings. The van der Waals surface area contributed by atoms with Crippen molar-refractivity contribution < 1.29 is 53.5 Å². The van der Waals surface area contributed by atoms with Crippen molar-refractivity contribution in [3.8, 4) is 0 Å². The molecule has 0 aromatic heterocycles. The quantitative estimate of drug-likeness (QED) is 0.0716. The summed E-state index contributed by atoms with van der Waals surface area (Å²) in [5, 5.41) is 13.9. The summed E-state index contributed by atoms with van der Waals surface area (Å²) in [5.41, 5.74) is -1.69. The summed E-state index contributed by atoms with van der Waals surface area (Å²) in [6, 6.07) is 6.96. The highest BCUT2D eigenvalue weighted by molar-refractivity contribution is 7.80. The van der Waals surface area contributed by atoms with Crippen molar-refractivity contribution in [3.63, 3.8) is 0 Å². The van der Waals surface area contributed by atoms with Crippen LogP contribution in [0, 0.1) is 99.7 Å². The minimum absolute atomic E-state index is 0.293. The number of hydrogen-bond donors (Lipinski definition) is 1. The summed E-state index contributed by atoms with van der Waals surface area (Å²) in [6.45, 7) is 15.0. The van der Waals surface area contributed by atoms with Gasteiger partial charge in [0.25, 0.3) is 0 Å². The second-order valence-corrected chi connectivity index (χ2v) is 23.3. The Hall–Kier alpha value is -3.35. The van der Waals surface area contributed by atoms with Crippen LogP contribution >= 0.6 is 7.05 Å². The van der Waals surface area contributed by atoms with E-state index in [4.69, 9.17) is 0 Å². The molecule has 0 amide bonds. The van der Waals surface area contributed by atoms with Gasteiger partial charge in [-0.2, -0.15) is 5.21 Å². The van der Waals surface area contributed by atoms with Gasteiger partial charge in [-0.1, -0.05) is 71.4 Å². The third-order valence-electron chi connectivity index (χ3n) is 10.2. The maximum absolute atomic E-state index is 16.4. The smallest absolute Gasteiger partial charge is 0.294 e. The van der Waals surface area contributed by atoms with Crippen molar-refractivity contribution in [2.24, 2.45) is 0 Å². The molecule has 1 atom stereocenters. The predicted octanol–water partition coefficient (Wildman–Crippen LogP) is 8.50. The molecule has 1 aliphatic heterocycles. The molecule has 1 aliphatic rings. The van der Waals surface area contributed by atoms with Crippen molar-refractivity contribution in [3.05, 3.63) is 116 Å². The Morgan fingerprint density at radius 1 is 0.540 bits per heavy atom. The van der Waals surface area contributed by atoms with E-state index in [1.807, 2.05) is 0 Å². The molecular formula is C35H35BF10NOPSi. The highest BCUT2D eigenvalue weighted by Gasteiger charge is 2.68. The van der Waals surface area contributed by atoms with Crippen LogP contribution in [0.3, 0.4) is 0 Å². The lowest BCUT2D eigenvalue weighted by Crippen LogP contribution is -2.74. The van der Waals surface area contributed by atoms with Crippen molar-refractivity contribution in [2.75, 3.05) is 6.16 Å². The summed E-state index contributed by atoms with van der Waals surface area (Å²) < 4.78 is 156. The van der Waals surface area contributed by atoms with Crippen molar-refractivity contribution in [1.29, 1.82) is 0 Å². The van der Waals surface area contributed by atoms with Gasteiger partial charge >= 0.3 is 6.28 Å². The fraction of sp³-hybridized carbons (Fsp3) is 0.314. The van der Waals surface area contributed by atoms with E-state index in [1.54, 1.807) is 85.4 Å². The van der Waals surface area contributed by atoms with Crippen LogP contribution in [0.2, 0.25) is 25.1 Å². The zero-order valence-corrected chi connectivity index (χ0v) is 30.7. The number of aryl methyl sites for hydroxylation is 6. The zero-order valence-electron chi connectivity index (χ0n) is 28.8. The average molecular weight is 746 g/mol. The van der Waals surface area contributed by atoms with E-state index < -0.39 is 95.9 Å². The largest absolute Gasteiger partial charge is 0.374 e. The molecule has 4 aromatic carbocycles. The third kappa shape index (κ3) is 5.06. The molecule has 0 fully saturated rings. The molecule has 15 heteroatoms. The van der Waals surface area contributed by atoms with Crippen molar-refractivity contribution >= 4 is 42.9 Å². The molecule has 0 saturated carbocycles. The maximum atomic E-state index is 16.4. The van der Waals surface area contributed by atoms with E-state index in [2.05, 4.69) is 0 Å². The minimum Gasteiger partial charge on any atom is -0.294 e. The van der Waals surface area contributed by atoms with Gasteiger partial charge in [0.15, 0.2) is 34.9 Å². The first-order chi connectivity index (χ1) is 23.0. The Balaban J connectivity index is 2.31. The third-order valence-corrected chi connectivity index (χ3v) is 18.4. The van der Waals surface area contributed by atoms with E-state index in [0.29, 0.717) is 37.3 Å². The first-order valence-electron chi connectivity index (χ1n) is 15.7. The minimum atomic E-state index is -4.66. The average Bonchev–Trinajstić information content (AvgIpc) is 3.26. The molecule has 1 N–H and O–H groups in total. The van der Waals surface area contributed by atoms with Crippen molar-refractivity contribution in [1.82, 2.24) is 0 Å². The summed E-state index contributed by atoms with van der Waals surface area (Å²) >= 11 is 0. The summed E-state index contributed by atoms with van der Waals surface area (Å²) in [5.74, 6) is -25.4. The maximum Gasteiger partial charge on any atom is 0.374 e. The lowest BCUT2D eigenvalue weighted by atomic mass is 9.25. The highest BCUT2D eigenvalue weighted by atomic mass is 31.2. The SMILES string of the molecule is Cc1cc(C)c(P2(c3c(C)cc(C)cc3C)=[N+](O)[B-](c3c(F)c(F)c(F)c(F)c3F)(c3c(F)c(F)c(F)c(F)c3F)[C@H]([Si](C)(C)C)C2)c(C)c1. The van der Waals surface area contributed by atoms with Gasteiger partial charge in [-0.15, -0.1) is 0 Å². The Bertz CT molecular complexity index is 1960. The van der Waals surface area contributed by atoms with Gasteiger partial charge in [0.1, 0.15) is 30.3 Å². The Morgan fingerprint density at radius 2 is 0.800 bits per heavy atom. The predicted molar refractivity (Wildman–Crippen MR) is 179 cm³/mol. The van der Waals surface area contributed by atoms with E-state index in [-0.39, 0.29) is 6.16 Å². The first kappa shape index (κ1) is 37.9. The molecule has 0 radical (unpaired) electrons. The lowest BCUT2D eigenvalue weighted by molar-refractivity contribution is -0.661. The standard InChI is InChI=1S/C35H35BF10NOPSi/c1-15-10-17(3)34(18(4)11-15)49(35-19(5)12-16(2)13-20(35)6)14-21(50(7,8)9)36(47(49)48,22-24(37)28(41)32(45)29(42)25(22)38)23-26(39)30(43)33(46)31(44)27(23)40/h10-13,21,48H,14H2,1-9H3/t21-/m1/s1. The molecule has 50 heavy (non-hydrogen) atoms. The Kier molecular flexibility index (Phi) is 9.40. The molecule has 1 heterocycles. The molecule has 0 bridgehead atoms. The van der Waals surface area contributed by atoms with Gasteiger partial charge in [0.2, 0.25) is 0 Å². The molecule has 2 nitrogen and oxygen atoms in total. The highest BCUT2D eigenvalue weighted by Crippen LogP contribution is 2.62. The first-order valence-corrected chi connectivity index (χ1v) is 21.2. The van der Waals surface area contributed by atoms with E-state index in [0.717, 1.165) is 11.1 Å². The van der Waals surface area contributed by atoms with E-state index >= 15 is 35.1 Å². The van der Waals surface area contributed by atoms with Crippen LogP contribution in [0.5, 0.6) is 0 Å². The molecule has 0 unspecified atom stereocenters. The Labute approximate surface area is 284 Å². The fourth-order valence-corrected chi connectivity index (χ4v) is 19.5. The number of benzene rings is 4. The molecule has 0 aliphatic carbocycles. The fourth-order valence-electron chi connectivity index (χ4n) is 8.80. The van der Waals surface area contributed by atoms with Gasteiger partial charge in [-0.25, -0.2) is 43.9 Å². The van der Waals surface area contributed by atoms with E-state index in [9.17, 15) is 14.0 Å². The lowest BCUT2D eigenvalue weighted by Gasteiger charge is -2.42. The number of halogens is 10. The van der Waals surface area contributed by atoms with Gasteiger partial charge < -0.3 is 0 Å². The van der Waals surface area contributed by atoms with Crippen molar-refractivity contribution in [2.45, 2.75) is 66.6 Å². The Morgan fingerprint density at radius 3 is 1.06 bits per heavy atom. The molecule has 0 saturated heterocycles. The summed E-state index contributed by atoms with van der Waals surface area (Å²) in [6.07, 6.45) is -5.02. The van der Waals surface area contributed by atoms with Crippen LogP contribution in [-0.4, -0.2) is 30.1 Å². The summed E-state index contributed by atoms with van der Waals surface area (Å²) in [7, 11) is -7.39. The second kappa shape index (κ2) is 12.4. The summed E-state index contributed by atoms with van der Waals surface area (Å²) in [4.78, 5) is 0. The normalized spacial score (nSPS) is 17.2. The number of hydrogen-bond acceptors (Lipinski definition) is 0. The zero-order chi connectivity index (χ0) is 37.7. The van der Waals surface area contributed by atoms with Crippen LogP contribution in [0.1, 0.15) is 33.4 Å².